The summed E-state index contributed by atoms with van der Waals surface area (Å²) in [5, 5.41) is 0.514. The summed E-state index contributed by atoms with van der Waals surface area (Å²) in [7, 11) is -3.51. The van der Waals surface area contributed by atoms with Crippen LogP contribution in [-0.4, -0.2) is 38.9 Å². The number of carbonyl (C=O) groups excluding carboxylic acids is 1. The molecule has 7 heteroatoms. The first-order valence-corrected chi connectivity index (χ1v) is 11.4. The number of piperidine rings is 1. The quantitative estimate of drug-likeness (QED) is 0.826. The summed E-state index contributed by atoms with van der Waals surface area (Å²) in [6.45, 7) is 2.23. The highest BCUT2D eigenvalue weighted by atomic mass is 35.5. The fraction of sp³-hybridized carbons (Fsp3) is 0.632. The van der Waals surface area contributed by atoms with E-state index in [4.69, 9.17) is 11.6 Å². The monoisotopic (exact) mass is 398 g/mol. The number of nitrogens with zero attached hydrogens (tertiary/aromatic N) is 1. The molecule has 0 spiro atoms. The summed E-state index contributed by atoms with van der Waals surface area (Å²) in [5.74, 6) is 0.726. The number of hydrogen-bond acceptors (Lipinski definition) is 3. The predicted molar refractivity (Wildman–Crippen MR) is 103 cm³/mol. The number of carbonyl (C=O) groups is 1. The zero-order valence-electron chi connectivity index (χ0n) is 15.0. The topological polar surface area (TPSA) is 66.5 Å². The number of sulfonamides is 1. The van der Waals surface area contributed by atoms with Crippen LogP contribution in [0.25, 0.3) is 0 Å². The van der Waals surface area contributed by atoms with Crippen LogP contribution in [0.3, 0.4) is 0 Å². The van der Waals surface area contributed by atoms with E-state index in [1.807, 2.05) is 4.90 Å². The molecule has 3 rings (SSSR count). The molecule has 0 unspecified atom stereocenters. The third kappa shape index (κ3) is 4.99. The minimum Gasteiger partial charge on any atom is -0.342 e. The maximum Gasteiger partial charge on any atom is 0.240 e. The first kappa shape index (κ1) is 19.6. The average Bonchev–Trinajstić information content (AvgIpc) is 2.67. The molecule has 0 aromatic heterocycles. The van der Waals surface area contributed by atoms with Crippen LogP contribution in [-0.2, 0) is 14.8 Å². The van der Waals surface area contributed by atoms with E-state index in [1.54, 1.807) is 12.1 Å². The molecule has 1 saturated heterocycles. The lowest BCUT2D eigenvalue weighted by Crippen LogP contribution is -2.41. The van der Waals surface area contributed by atoms with Gasteiger partial charge in [-0.1, -0.05) is 11.6 Å². The molecule has 26 heavy (non-hydrogen) atoms. The minimum atomic E-state index is -3.51. The van der Waals surface area contributed by atoms with Crippen molar-refractivity contribution in [2.45, 2.75) is 49.8 Å². The van der Waals surface area contributed by atoms with Gasteiger partial charge in [0.25, 0.3) is 0 Å². The molecule has 1 amide bonds. The van der Waals surface area contributed by atoms with Crippen molar-refractivity contribution in [3.8, 4) is 0 Å². The number of amides is 1. The van der Waals surface area contributed by atoms with Crippen LogP contribution >= 0.6 is 11.6 Å². The summed E-state index contributed by atoms with van der Waals surface area (Å²) < 4.78 is 27.4. The molecule has 5 nitrogen and oxygen atoms in total. The molecule has 1 aromatic rings. The lowest BCUT2D eigenvalue weighted by molar-refractivity contribution is -0.137. The number of nitrogens with one attached hydrogen (secondary N) is 1. The summed E-state index contributed by atoms with van der Waals surface area (Å²) in [6.07, 6.45) is 6.98. The molecule has 1 aromatic carbocycles. The van der Waals surface area contributed by atoms with Crippen LogP contribution in [0, 0.1) is 11.8 Å². The van der Waals surface area contributed by atoms with E-state index in [9.17, 15) is 13.2 Å². The number of benzene rings is 1. The SMILES string of the molecule is O=C(C1CCC(CNS(=O)(=O)c2ccc(Cl)cc2)CC1)N1CCCCC1. The Bertz CT molecular complexity index is 707. The van der Waals surface area contributed by atoms with Crippen molar-refractivity contribution >= 4 is 27.5 Å². The normalized spacial score (nSPS) is 24.4. The van der Waals surface area contributed by atoms with Crippen molar-refractivity contribution < 1.29 is 13.2 Å². The maximum atomic E-state index is 12.6. The molecule has 1 aliphatic carbocycles. The fourth-order valence-corrected chi connectivity index (χ4v) is 5.15. The third-order valence-corrected chi connectivity index (χ3v) is 7.24. The van der Waals surface area contributed by atoms with Gasteiger partial charge in [0, 0.05) is 30.6 Å². The summed E-state index contributed by atoms with van der Waals surface area (Å²) >= 11 is 5.81. The van der Waals surface area contributed by atoms with Gasteiger partial charge in [-0.05, 0) is 75.1 Å². The third-order valence-electron chi connectivity index (χ3n) is 5.55. The molecule has 0 radical (unpaired) electrons. The van der Waals surface area contributed by atoms with E-state index >= 15 is 0 Å². The van der Waals surface area contributed by atoms with Gasteiger partial charge in [0.05, 0.1) is 4.90 Å². The van der Waals surface area contributed by atoms with Crippen LogP contribution in [0.15, 0.2) is 29.2 Å². The Morgan fingerprint density at radius 1 is 1.04 bits per heavy atom. The Balaban J connectivity index is 1.46. The molecule has 1 heterocycles. The van der Waals surface area contributed by atoms with E-state index in [1.165, 1.54) is 18.6 Å². The Morgan fingerprint density at radius 3 is 2.27 bits per heavy atom. The lowest BCUT2D eigenvalue weighted by atomic mass is 9.81. The fourth-order valence-electron chi connectivity index (χ4n) is 3.91. The van der Waals surface area contributed by atoms with Gasteiger partial charge in [0.2, 0.25) is 15.9 Å². The van der Waals surface area contributed by atoms with Gasteiger partial charge in [0.1, 0.15) is 0 Å². The Morgan fingerprint density at radius 2 is 1.65 bits per heavy atom. The Kier molecular flexibility index (Phi) is 6.59. The highest BCUT2D eigenvalue weighted by molar-refractivity contribution is 7.89. The molecule has 1 N–H and O–H groups in total. The van der Waals surface area contributed by atoms with Crippen LogP contribution in [0.1, 0.15) is 44.9 Å². The standard InChI is InChI=1S/C19H27ClN2O3S/c20-17-8-10-18(11-9-17)26(24,25)21-14-15-4-6-16(7-5-15)19(23)22-12-2-1-3-13-22/h8-11,15-16,21H,1-7,12-14H2. The summed E-state index contributed by atoms with van der Waals surface area (Å²) in [5.41, 5.74) is 0. The van der Waals surface area contributed by atoms with Gasteiger partial charge in [0.15, 0.2) is 0 Å². The number of likely N-dealkylation sites (tertiary alicyclic amines) is 1. The molecular formula is C19H27ClN2O3S. The van der Waals surface area contributed by atoms with Crippen molar-refractivity contribution in [2.75, 3.05) is 19.6 Å². The van der Waals surface area contributed by atoms with Crippen LogP contribution in [0.5, 0.6) is 0 Å². The van der Waals surface area contributed by atoms with E-state index in [-0.39, 0.29) is 10.8 Å². The molecular weight excluding hydrogens is 372 g/mol. The zero-order chi connectivity index (χ0) is 18.6. The molecule has 2 aliphatic rings. The second-order valence-electron chi connectivity index (χ2n) is 7.41. The Hall–Kier alpha value is -1.11. The van der Waals surface area contributed by atoms with Gasteiger partial charge < -0.3 is 4.90 Å². The van der Waals surface area contributed by atoms with Gasteiger partial charge in [-0.3, -0.25) is 4.79 Å². The van der Waals surface area contributed by atoms with Gasteiger partial charge in [-0.25, -0.2) is 13.1 Å². The van der Waals surface area contributed by atoms with Gasteiger partial charge >= 0.3 is 0 Å². The highest BCUT2D eigenvalue weighted by Gasteiger charge is 2.30. The van der Waals surface area contributed by atoms with Gasteiger partial charge in [-0.2, -0.15) is 0 Å². The van der Waals surface area contributed by atoms with Crippen molar-refractivity contribution in [1.29, 1.82) is 0 Å². The van der Waals surface area contributed by atoms with Crippen molar-refractivity contribution in [2.24, 2.45) is 11.8 Å². The largest absolute Gasteiger partial charge is 0.342 e. The van der Waals surface area contributed by atoms with E-state index in [0.717, 1.165) is 51.6 Å². The van der Waals surface area contributed by atoms with Gasteiger partial charge in [-0.15, -0.1) is 0 Å². The van der Waals surface area contributed by atoms with Crippen molar-refractivity contribution in [3.05, 3.63) is 29.3 Å². The van der Waals surface area contributed by atoms with E-state index in [0.29, 0.717) is 23.4 Å². The van der Waals surface area contributed by atoms with E-state index in [2.05, 4.69) is 4.72 Å². The average molecular weight is 399 g/mol. The first-order chi connectivity index (χ1) is 12.5. The van der Waals surface area contributed by atoms with Crippen LogP contribution in [0.2, 0.25) is 5.02 Å². The van der Waals surface area contributed by atoms with Crippen LogP contribution in [0.4, 0.5) is 0 Å². The van der Waals surface area contributed by atoms with Crippen molar-refractivity contribution in [1.82, 2.24) is 9.62 Å². The number of hydrogen-bond donors (Lipinski definition) is 1. The summed E-state index contributed by atoms with van der Waals surface area (Å²) in [4.78, 5) is 14.9. The highest BCUT2D eigenvalue weighted by Crippen LogP contribution is 2.30. The molecule has 1 aliphatic heterocycles. The lowest BCUT2D eigenvalue weighted by Gasteiger charge is -2.34. The minimum absolute atomic E-state index is 0.122. The smallest absolute Gasteiger partial charge is 0.240 e. The molecule has 0 bridgehead atoms. The number of rotatable bonds is 5. The van der Waals surface area contributed by atoms with Crippen LogP contribution < -0.4 is 4.72 Å². The van der Waals surface area contributed by atoms with E-state index < -0.39 is 10.0 Å². The zero-order valence-corrected chi connectivity index (χ0v) is 16.6. The second-order valence-corrected chi connectivity index (χ2v) is 9.61. The summed E-state index contributed by atoms with van der Waals surface area (Å²) in [6, 6.07) is 6.18. The predicted octanol–water partition coefficient (Wildman–Crippen LogP) is 3.44. The number of halogens is 1. The first-order valence-electron chi connectivity index (χ1n) is 9.50. The molecule has 2 fully saturated rings. The Labute approximate surface area is 161 Å². The molecule has 1 saturated carbocycles. The molecule has 144 valence electrons. The maximum absolute atomic E-state index is 12.6. The molecule has 0 atom stereocenters. The van der Waals surface area contributed by atoms with Crippen molar-refractivity contribution in [3.63, 3.8) is 0 Å². The second kappa shape index (κ2) is 8.72.